The van der Waals surface area contributed by atoms with Gasteiger partial charge in [0.1, 0.15) is 5.82 Å². The van der Waals surface area contributed by atoms with Gasteiger partial charge in [0.25, 0.3) is 5.69 Å². The smallest absolute Gasteiger partial charge is 0.274 e. The van der Waals surface area contributed by atoms with Gasteiger partial charge < -0.3 is 4.90 Å². The minimum atomic E-state index is -0.502. The maximum Gasteiger partial charge on any atom is 0.274 e. The second kappa shape index (κ2) is 4.15. The van der Waals surface area contributed by atoms with Gasteiger partial charge in [-0.25, -0.2) is 4.39 Å². The molecule has 4 nitrogen and oxygen atoms in total. The average Bonchev–Trinajstić information content (AvgIpc) is 2.01. The highest BCUT2D eigenvalue weighted by molar-refractivity contribution is 5.40. The minimum Gasteiger partial charge on any atom is -0.305 e. The summed E-state index contributed by atoms with van der Waals surface area (Å²) in [5.74, 6) is -0.451. The molecule has 0 unspecified atom stereocenters. The number of hydrogen-bond acceptors (Lipinski definition) is 3. The number of benzene rings is 1. The molecule has 1 rings (SSSR count). The molecule has 0 N–H and O–H groups in total. The summed E-state index contributed by atoms with van der Waals surface area (Å²) in [6.45, 7) is 0.355. The van der Waals surface area contributed by atoms with Crippen molar-refractivity contribution in [1.82, 2.24) is 4.90 Å². The molecule has 0 spiro atoms. The lowest BCUT2D eigenvalue weighted by Crippen LogP contribution is -2.12. The average molecular weight is 198 g/mol. The summed E-state index contributed by atoms with van der Waals surface area (Å²) in [7, 11) is 3.54. The molecule has 0 aliphatic heterocycles. The van der Waals surface area contributed by atoms with Crippen LogP contribution in [0, 0.1) is 15.9 Å². The number of nitro benzene ring substituents is 1. The van der Waals surface area contributed by atoms with E-state index in [0.29, 0.717) is 12.1 Å². The van der Waals surface area contributed by atoms with Crippen molar-refractivity contribution in [3.05, 3.63) is 39.7 Å². The third kappa shape index (κ3) is 2.50. The van der Waals surface area contributed by atoms with Crippen LogP contribution >= 0.6 is 0 Å². The van der Waals surface area contributed by atoms with E-state index in [2.05, 4.69) is 0 Å². The summed E-state index contributed by atoms with van der Waals surface area (Å²) in [4.78, 5) is 11.8. The van der Waals surface area contributed by atoms with E-state index in [1.165, 1.54) is 12.1 Å². The van der Waals surface area contributed by atoms with E-state index in [-0.39, 0.29) is 5.69 Å². The highest BCUT2D eigenvalue weighted by Crippen LogP contribution is 2.20. The maximum atomic E-state index is 12.8. The van der Waals surface area contributed by atoms with Crippen LogP contribution in [0.2, 0.25) is 0 Å². The molecule has 0 saturated carbocycles. The van der Waals surface area contributed by atoms with Gasteiger partial charge in [-0.1, -0.05) is 0 Å². The first-order chi connectivity index (χ1) is 6.50. The van der Waals surface area contributed by atoms with Crippen LogP contribution in [0.1, 0.15) is 5.56 Å². The van der Waals surface area contributed by atoms with Crippen LogP contribution < -0.4 is 0 Å². The Labute approximate surface area is 81.1 Å². The molecule has 0 fully saturated rings. The summed E-state index contributed by atoms with van der Waals surface area (Å²) in [6.07, 6.45) is 0. The van der Waals surface area contributed by atoms with Crippen molar-refractivity contribution in [2.45, 2.75) is 6.54 Å². The molecule has 0 heterocycles. The highest BCUT2D eigenvalue weighted by atomic mass is 19.1. The van der Waals surface area contributed by atoms with Gasteiger partial charge in [-0.15, -0.1) is 0 Å². The molecule has 0 bridgehead atoms. The van der Waals surface area contributed by atoms with Gasteiger partial charge >= 0.3 is 0 Å². The van der Waals surface area contributed by atoms with Crippen molar-refractivity contribution in [2.24, 2.45) is 0 Å². The number of hydrogen-bond donors (Lipinski definition) is 0. The first-order valence-electron chi connectivity index (χ1n) is 4.08. The van der Waals surface area contributed by atoms with Crippen molar-refractivity contribution < 1.29 is 9.31 Å². The van der Waals surface area contributed by atoms with Gasteiger partial charge in [-0.2, -0.15) is 0 Å². The Morgan fingerprint density at radius 2 is 2.14 bits per heavy atom. The van der Waals surface area contributed by atoms with Crippen LogP contribution in [0.15, 0.2) is 18.2 Å². The third-order valence-corrected chi connectivity index (χ3v) is 1.72. The quantitative estimate of drug-likeness (QED) is 0.549. The van der Waals surface area contributed by atoms with Gasteiger partial charge in [0, 0.05) is 18.2 Å². The van der Waals surface area contributed by atoms with Gasteiger partial charge in [0.2, 0.25) is 0 Å². The molecular weight excluding hydrogens is 187 g/mol. The maximum absolute atomic E-state index is 12.8. The van der Waals surface area contributed by atoms with E-state index in [0.717, 1.165) is 6.07 Å². The zero-order valence-electron chi connectivity index (χ0n) is 8.03. The van der Waals surface area contributed by atoms with Crippen molar-refractivity contribution >= 4 is 5.69 Å². The number of nitro groups is 1. The first-order valence-corrected chi connectivity index (χ1v) is 4.08. The fourth-order valence-electron chi connectivity index (χ4n) is 1.20. The summed E-state index contributed by atoms with van der Waals surface area (Å²) in [6, 6.07) is 3.48. The second-order valence-corrected chi connectivity index (χ2v) is 3.27. The van der Waals surface area contributed by atoms with E-state index in [1.807, 2.05) is 0 Å². The Morgan fingerprint density at radius 1 is 1.50 bits per heavy atom. The summed E-state index contributed by atoms with van der Waals surface area (Å²) < 4.78 is 12.8. The van der Waals surface area contributed by atoms with Crippen LogP contribution in [-0.4, -0.2) is 23.9 Å². The lowest BCUT2D eigenvalue weighted by molar-refractivity contribution is -0.385. The Hall–Kier alpha value is -1.49. The van der Waals surface area contributed by atoms with Gasteiger partial charge in [-0.05, 0) is 26.2 Å². The van der Waals surface area contributed by atoms with Crippen molar-refractivity contribution in [2.75, 3.05) is 14.1 Å². The Kier molecular flexibility index (Phi) is 3.14. The largest absolute Gasteiger partial charge is 0.305 e. The normalized spacial score (nSPS) is 10.6. The van der Waals surface area contributed by atoms with E-state index in [9.17, 15) is 14.5 Å². The van der Waals surface area contributed by atoms with Gasteiger partial charge in [0.15, 0.2) is 0 Å². The van der Waals surface area contributed by atoms with Crippen molar-refractivity contribution in [3.63, 3.8) is 0 Å². The molecule has 0 aromatic heterocycles. The molecule has 0 amide bonds. The van der Waals surface area contributed by atoms with Crippen LogP contribution in [0.4, 0.5) is 10.1 Å². The Bertz CT molecular complexity index is 353. The van der Waals surface area contributed by atoms with Crippen LogP contribution in [0.5, 0.6) is 0 Å². The number of halogens is 1. The van der Waals surface area contributed by atoms with E-state index < -0.39 is 10.7 Å². The van der Waals surface area contributed by atoms with E-state index in [4.69, 9.17) is 0 Å². The van der Waals surface area contributed by atoms with Crippen LogP contribution in [-0.2, 0) is 6.54 Å². The van der Waals surface area contributed by atoms with E-state index in [1.54, 1.807) is 19.0 Å². The topological polar surface area (TPSA) is 46.4 Å². The minimum absolute atomic E-state index is 0.0416. The SMILES string of the molecule is CN(C)Cc1cc(F)ccc1[N+](=O)[O-]. The fraction of sp³-hybridized carbons (Fsp3) is 0.333. The Morgan fingerprint density at radius 3 is 2.64 bits per heavy atom. The zero-order chi connectivity index (χ0) is 10.7. The predicted octanol–water partition coefficient (Wildman–Crippen LogP) is 1.80. The fourth-order valence-corrected chi connectivity index (χ4v) is 1.20. The Balaban J connectivity index is 3.09. The molecule has 1 aromatic carbocycles. The molecule has 14 heavy (non-hydrogen) atoms. The van der Waals surface area contributed by atoms with E-state index >= 15 is 0 Å². The van der Waals surface area contributed by atoms with Crippen molar-refractivity contribution in [3.8, 4) is 0 Å². The molecule has 0 atom stereocenters. The highest BCUT2D eigenvalue weighted by Gasteiger charge is 2.14. The third-order valence-electron chi connectivity index (χ3n) is 1.72. The lowest BCUT2D eigenvalue weighted by Gasteiger charge is -2.09. The number of nitrogens with zero attached hydrogens (tertiary/aromatic N) is 2. The summed E-state index contributed by atoms with van der Waals surface area (Å²) >= 11 is 0. The monoisotopic (exact) mass is 198 g/mol. The molecule has 1 aromatic rings. The molecular formula is C9H11FN2O2. The molecule has 76 valence electrons. The zero-order valence-corrected chi connectivity index (χ0v) is 8.03. The van der Waals surface area contributed by atoms with Gasteiger partial charge in [-0.3, -0.25) is 10.1 Å². The summed E-state index contributed by atoms with van der Waals surface area (Å²) in [5, 5.41) is 10.6. The second-order valence-electron chi connectivity index (χ2n) is 3.27. The molecule has 0 aliphatic rings. The predicted molar refractivity (Wildman–Crippen MR) is 50.4 cm³/mol. The van der Waals surface area contributed by atoms with Crippen molar-refractivity contribution in [1.29, 1.82) is 0 Å². The molecule has 0 saturated heterocycles. The van der Waals surface area contributed by atoms with Crippen LogP contribution in [0.3, 0.4) is 0 Å². The first kappa shape index (κ1) is 10.6. The van der Waals surface area contributed by atoms with Crippen LogP contribution in [0.25, 0.3) is 0 Å². The lowest BCUT2D eigenvalue weighted by atomic mass is 10.1. The molecule has 5 heteroatoms. The summed E-state index contributed by atoms with van der Waals surface area (Å²) in [5.41, 5.74) is 0.347. The number of rotatable bonds is 3. The standard InChI is InChI=1S/C9H11FN2O2/c1-11(2)6-7-5-8(10)3-4-9(7)12(13)14/h3-5H,6H2,1-2H3. The van der Waals surface area contributed by atoms with Gasteiger partial charge in [0.05, 0.1) is 4.92 Å². The molecule has 0 radical (unpaired) electrons. The molecule has 0 aliphatic carbocycles.